The van der Waals surface area contributed by atoms with Gasteiger partial charge in [0, 0.05) is 20.8 Å². The molecule has 1 amide bonds. The van der Waals surface area contributed by atoms with Crippen molar-refractivity contribution >= 4 is 51.1 Å². The van der Waals surface area contributed by atoms with E-state index in [-0.39, 0.29) is 6.61 Å². The third-order valence-electron chi connectivity index (χ3n) is 4.33. The second kappa shape index (κ2) is 9.00. The number of pyridine rings is 2. The van der Waals surface area contributed by atoms with Crippen molar-refractivity contribution in [2.24, 2.45) is 0 Å². The minimum Gasteiger partial charge on any atom is -0.452 e. The van der Waals surface area contributed by atoms with E-state index in [1.165, 1.54) is 0 Å². The Morgan fingerprint density at radius 3 is 2.47 bits per heavy atom. The summed E-state index contributed by atoms with van der Waals surface area (Å²) in [7, 11) is 0. The van der Waals surface area contributed by atoms with Crippen molar-refractivity contribution in [3.63, 3.8) is 0 Å². The molecule has 4 rings (SSSR count). The molecule has 148 valence electrons. The molecule has 2 aromatic heterocycles. The summed E-state index contributed by atoms with van der Waals surface area (Å²) in [6.45, 7) is -0.389. The van der Waals surface area contributed by atoms with Crippen LogP contribution in [0.15, 0.2) is 79.0 Å². The van der Waals surface area contributed by atoms with E-state index in [1.54, 1.807) is 30.5 Å². The highest BCUT2D eigenvalue weighted by atomic mass is 127. The number of halogens is 1. The van der Waals surface area contributed by atoms with Gasteiger partial charge in [-0.3, -0.25) is 9.78 Å². The zero-order chi connectivity index (χ0) is 20.9. The van der Waals surface area contributed by atoms with Crippen LogP contribution >= 0.6 is 22.6 Å². The Balaban J connectivity index is 1.55. The number of ether oxygens (including phenoxy) is 1. The number of hydrogen-bond acceptors (Lipinski definition) is 5. The Kier molecular flexibility index (Phi) is 5.99. The number of carbonyl (C=O) groups is 2. The number of amides is 1. The van der Waals surface area contributed by atoms with E-state index in [2.05, 4.69) is 37.9 Å². The summed E-state index contributed by atoms with van der Waals surface area (Å²) in [6, 6.07) is 21.8. The number of carbonyl (C=O) groups excluding carboxylic acids is 2. The molecule has 2 heterocycles. The fraction of sp³-hybridized carbons (Fsp3) is 0.0435. The summed E-state index contributed by atoms with van der Waals surface area (Å²) in [6.07, 6.45) is 1.67. The molecule has 2 aromatic carbocycles. The molecule has 30 heavy (non-hydrogen) atoms. The van der Waals surface area contributed by atoms with E-state index in [0.717, 1.165) is 3.57 Å². The van der Waals surface area contributed by atoms with Crippen molar-refractivity contribution < 1.29 is 14.3 Å². The summed E-state index contributed by atoms with van der Waals surface area (Å²) in [5, 5.41) is 3.36. The van der Waals surface area contributed by atoms with E-state index in [0.29, 0.717) is 33.5 Å². The lowest BCUT2D eigenvalue weighted by molar-refractivity contribution is -0.119. The van der Waals surface area contributed by atoms with Crippen LogP contribution in [0.4, 0.5) is 5.69 Å². The Labute approximate surface area is 186 Å². The van der Waals surface area contributed by atoms with Crippen LogP contribution in [-0.2, 0) is 9.53 Å². The highest BCUT2D eigenvalue weighted by Crippen LogP contribution is 2.24. The molecule has 7 heteroatoms. The van der Waals surface area contributed by atoms with Crippen molar-refractivity contribution in [2.45, 2.75) is 0 Å². The average molecular weight is 509 g/mol. The van der Waals surface area contributed by atoms with Gasteiger partial charge in [-0.2, -0.15) is 0 Å². The predicted molar refractivity (Wildman–Crippen MR) is 123 cm³/mol. The van der Waals surface area contributed by atoms with Crippen molar-refractivity contribution in [3.8, 4) is 11.4 Å². The van der Waals surface area contributed by atoms with Crippen LogP contribution < -0.4 is 5.32 Å². The van der Waals surface area contributed by atoms with Gasteiger partial charge in [0.05, 0.1) is 22.5 Å². The minimum absolute atomic E-state index is 0.336. The lowest BCUT2D eigenvalue weighted by atomic mass is 10.1. The molecule has 0 aliphatic rings. The molecule has 0 atom stereocenters. The first kappa shape index (κ1) is 20.0. The summed E-state index contributed by atoms with van der Waals surface area (Å²) in [4.78, 5) is 33.9. The molecule has 0 aliphatic heterocycles. The lowest BCUT2D eigenvalue weighted by Crippen LogP contribution is -2.21. The molecule has 0 bridgehead atoms. The van der Waals surface area contributed by atoms with Gasteiger partial charge in [-0.15, -0.1) is 0 Å². The van der Waals surface area contributed by atoms with Crippen LogP contribution in [0.25, 0.3) is 22.3 Å². The summed E-state index contributed by atoms with van der Waals surface area (Å²) in [5.74, 6) is -1.00. The number of aromatic nitrogens is 2. The normalized spacial score (nSPS) is 10.6. The second-order valence-corrected chi connectivity index (χ2v) is 7.66. The molecule has 0 saturated heterocycles. The van der Waals surface area contributed by atoms with Crippen LogP contribution in [-0.4, -0.2) is 28.5 Å². The van der Waals surface area contributed by atoms with Crippen LogP contribution in [0.5, 0.6) is 0 Å². The Bertz CT molecular complexity index is 1210. The van der Waals surface area contributed by atoms with Gasteiger partial charge in [-0.1, -0.05) is 24.3 Å². The van der Waals surface area contributed by atoms with Gasteiger partial charge < -0.3 is 10.1 Å². The van der Waals surface area contributed by atoms with Gasteiger partial charge in [0.25, 0.3) is 5.91 Å². The van der Waals surface area contributed by atoms with E-state index in [1.807, 2.05) is 48.5 Å². The maximum absolute atomic E-state index is 12.8. The third kappa shape index (κ3) is 4.62. The Hall–Kier alpha value is -3.33. The fourth-order valence-corrected chi connectivity index (χ4v) is 3.29. The number of hydrogen-bond donors (Lipinski definition) is 1. The summed E-state index contributed by atoms with van der Waals surface area (Å²) < 4.78 is 6.34. The molecule has 6 nitrogen and oxygen atoms in total. The number of anilines is 1. The zero-order valence-corrected chi connectivity index (χ0v) is 17.9. The lowest BCUT2D eigenvalue weighted by Gasteiger charge is -2.10. The maximum Gasteiger partial charge on any atom is 0.339 e. The van der Waals surface area contributed by atoms with E-state index in [4.69, 9.17) is 4.74 Å². The quantitative estimate of drug-likeness (QED) is 0.312. The zero-order valence-electron chi connectivity index (χ0n) is 15.7. The predicted octanol–water partition coefficient (Wildman–Crippen LogP) is 4.70. The van der Waals surface area contributed by atoms with Crippen molar-refractivity contribution in [1.82, 2.24) is 9.97 Å². The van der Waals surface area contributed by atoms with Gasteiger partial charge in [0.2, 0.25) is 0 Å². The van der Waals surface area contributed by atoms with Crippen LogP contribution in [0.3, 0.4) is 0 Å². The highest BCUT2D eigenvalue weighted by molar-refractivity contribution is 14.1. The molecule has 0 aliphatic carbocycles. The molecular formula is C23H16IN3O3. The van der Waals surface area contributed by atoms with E-state index in [9.17, 15) is 9.59 Å². The maximum atomic E-state index is 12.8. The summed E-state index contributed by atoms with van der Waals surface area (Å²) in [5.41, 5.74) is 2.83. The highest BCUT2D eigenvalue weighted by Gasteiger charge is 2.17. The first-order valence-electron chi connectivity index (χ1n) is 9.14. The number of para-hydroxylation sites is 1. The first-order chi connectivity index (χ1) is 14.6. The fourth-order valence-electron chi connectivity index (χ4n) is 2.93. The van der Waals surface area contributed by atoms with Crippen LogP contribution in [0.2, 0.25) is 0 Å². The summed E-state index contributed by atoms with van der Waals surface area (Å²) >= 11 is 2.18. The number of benzene rings is 2. The molecule has 0 unspecified atom stereocenters. The van der Waals surface area contributed by atoms with Gasteiger partial charge in [-0.25, -0.2) is 9.78 Å². The second-order valence-electron chi connectivity index (χ2n) is 6.42. The number of nitrogens with one attached hydrogen (secondary N) is 1. The van der Waals surface area contributed by atoms with Gasteiger partial charge in [0.1, 0.15) is 0 Å². The van der Waals surface area contributed by atoms with Crippen LogP contribution in [0, 0.1) is 3.57 Å². The number of nitrogens with zero attached hydrogens (tertiary/aromatic N) is 2. The average Bonchev–Trinajstić information content (AvgIpc) is 2.79. The molecule has 0 spiro atoms. The SMILES string of the molecule is O=C(COC(=O)c1cc(-c2ccccn2)nc2ccccc12)Nc1ccc(I)cc1. The molecule has 4 aromatic rings. The molecule has 0 fully saturated rings. The standard InChI is InChI=1S/C23H16IN3O3/c24-15-8-10-16(11-9-15)26-22(28)14-30-23(29)18-13-21(20-7-3-4-12-25-20)27-19-6-2-1-5-17(18)19/h1-13H,14H2,(H,26,28). The largest absolute Gasteiger partial charge is 0.452 e. The van der Waals surface area contributed by atoms with E-state index >= 15 is 0 Å². The monoisotopic (exact) mass is 509 g/mol. The first-order valence-corrected chi connectivity index (χ1v) is 10.2. The minimum atomic E-state index is -0.594. The van der Waals surface area contributed by atoms with Gasteiger partial charge in [0.15, 0.2) is 6.61 Å². The smallest absolute Gasteiger partial charge is 0.339 e. The number of esters is 1. The Morgan fingerprint density at radius 1 is 0.933 bits per heavy atom. The molecule has 0 saturated carbocycles. The molecular weight excluding hydrogens is 493 g/mol. The number of fused-ring (bicyclic) bond motifs is 1. The van der Waals surface area contributed by atoms with Gasteiger partial charge in [-0.05, 0) is 71.1 Å². The molecule has 1 N–H and O–H groups in total. The van der Waals surface area contributed by atoms with Crippen molar-refractivity contribution in [2.75, 3.05) is 11.9 Å². The van der Waals surface area contributed by atoms with Crippen molar-refractivity contribution in [1.29, 1.82) is 0 Å². The third-order valence-corrected chi connectivity index (χ3v) is 5.04. The van der Waals surface area contributed by atoms with Gasteiger partial charge >= 0.3 is 5.97 Å². The van der Waals surface area contributed by atoms with Crippen LogP contribution in [0.1, 0.15) is 10.4 Å². The molecule has 0 radical (unpaired) electrons. The van der Waals surface area contributed by atoms with Crippen molar-refractivity contribution in [3.05, 3.63) is 88.1 Å². The van der Waals surface area contributed by atoms with E-state index < -0.39 is 11.9 Å². The number of rotatable bonds is 5. The Morgan fingerprint density at radius 2 is 1.70 bits per heavy atom. The topological polar surface area (TPSA) is 81.2 Å².